The van der Waals surface area contributed by atoms with E-state index in [0.717, 1.165) is 24.2 Å². The molecule has 0 fully saturated rings. The second kappa shape index (κ2) is 5.60. The van der Waals surface area contributed by atoms with Crippen LogP contribution >= 0.6 is 0 Å². The zero-order chi connectivity index (χ0) is 14.8. The Morgan fingerprint density at radius 2 is 2.33 bits per heavy atom. The van der Waals surface area contributed by atoms with E-state index < -0.39 is 0 Å². The van der Waals surface area contributed by atoms with Crippen LogP contribution in [-0.4, -0.2) is 40.5 Å². The number of carbonyl (C=O) groups is 1. The molecule has 0 spiro atoms. The van der Waals surface area contributed by atoms with Crippen molar-refractivity contribution in [2.75, 3.05) is 25.5 Å². The molecular weight excluding hydrogens is 264 g/mol. The van der Waals surface area contributed by atoms with E-state index in [4.69, 9.17) is 0 Å². The lowest BCUT2D eigenvalue weighted by molar-refractivity contribution is -0.130. The van der Waals surface area contributed by atoms with Crippen LogP contribution in [0.5, 0.6) is 0 Å². The van der Waals surface area contributed by atoms with E-state index in [2.05, 4.69) is 28.5 Å². The summed E-state index contributed by atoms with van der Waals surface area (Å²) in [5.41, 5.74) is 4.61. The molecule has 5 heteroatoms. The zero-order valence-corrected chi connectivity index (χ0v) is 12.5. The van der Waals surface area contributed by atoms with Crippen molar-refractivity contribution in [3.63, 3.8) is 0 Å². The van der Waals surface area contributed by atoms with Crippen LogP contribution in [0, 0.1) is 0 Å². The fourth-order valence-electron chi connectivity index (χ4n) is 2.67. The van der Waals surface area contributed by atoms with Crippen molar-refractivity contribution >= 4 is 11.6 Å². The SMILES string of the molecule is CCN(C)C(=O)Cn1cncc1-c1cccc2c1NCC2. The normalized spacial score (nSPS) is 12.9. The van der Waals surface area contributed by atoms with Gasteiger partial charge >= 0.3 is 0 Å². The van der Waals surface area contributed by atoms with Crippen LogP contribution in [0.4, 0.5) is 5.69 Å². The van der Waals surface area contributed by atoms with E-state index in [1.165, 1.54) is 11.3 Å². The molecule has 1 aromatic carbocycles. The molecule has 0 saturated heterocycles. The average Bonchev–Trinajstić information content (AvgIpc) is 3.14. The highest BCUT2D eigenvalue weighted by Gasteiger charge is 2.18. The topological polar surface area (TPSA) is 50.2 Å². The van der Waals surface area contributed by atoms with Gasteiger partial charge in [-0.15, -0.1) is 0 Å². The molecule has 1 aliphatic rings. The number of carbonyl (C=O) groups excluding carboxylic acids is 1. The average molecular weight is 284 g/mol. The van der Waals surface area contributed by atoms with Crippen molar-refractivity contribution in [1.29, 1.82) is 0 Å². The third-order valence-electron chi connectivity index (χ3n) is 4.04. The minimum absolute atomic E-state index is 0.0947. The van der Waals surface area contributed by atoms with Gasteiger partial charge in [-0.05, 0) is 18.9 Å². The quantitative estimate of drug-likeness (QED) is 0.934. The summed E-state index contributed by atoms with van der Waals surface area (Å²) in [4.78, 5) is 18.1. The smallest absolute Gasteiger partial charge is 0.242 e. The first-order chi connectivity index (χ1) is 10.2. The van der Waals surface area contributed by atoms with Gasteiger partial charge < -0.3 is 14.8 Å². The number of nitrogens with zero attached hydrogens (tertiary/aromatic N) is 3. The molecular formula is C16H20N4O. The molecule has 1 aromatic heterocycles. The molecule has 0 radical (unpaired) electrons. The largest absolute Gasteiger partial charge is 0.384 e. The van der Waals surface area contributed by atoms with E-state index in [9.17, 15) is 4.79 Å². The third kappa shape index (κ3) is 2.51. The lowest BCUT2D eigenvalue weighted by Crippen LogP contribution is -2.29. The van der Waals surface area contributed by atoms with Gasteiger partial charge in [0.15, 0.2) is 0 Å². The number of hydrogen-bond acceptors (Lipinski definition) is 3. The second-order valence-corrected chi connectivity index (χ2v) is 5.33. The highest BCUT2D eigenvalue weighted by Crippen LogP contribution is 2.34. The monoisotopic (exact) mass is 284 g/mol. The molecule has 110 valence electrons. The van der Waals surface area contributed by atoms with Crippen molar-refractivity contribution < 1.29 is 4.79 Å². The van der Waals surface area contributed by atoms with Crippen LogP contribution in [0.3, 0.4) is 0 Å². The van der Waals surface area contributed by atoms with Gasteiger partial charge in [-0.1, -0.05) is 18.2 Å². The number of fused-ring (bicyclic) bond motifs is 1. The molecule has 1 amide bonds. The fraction of sp³-hybridized carbons (Fsp3) is 0.375. The highest BCUT2D eigenvalue weighted by molar-refractivity contribution is 5.81. The first kappa shape index (κ1) is 13.7. The van der Waals surface area contributed by atoms with Crippen LogP contribution in [0.25, 0.3) is 11.3 Å². The van der Waals surface area contributed by atoms with Crippen molar-refractivity contribution in [3.8, 4) is 11.3 Å². The van der Waals surface area contributed by atoms with Crippen LogP contribution in [0.2, 0.25) is 0 Å². The molecule has 2 aromatic rings. The minimum Gasteiger partial charge on any atom is -0.384 e. The predicted molar refractivity (Wildman–Crippen MR) is 83.2 cm³/mol. The number of amides is 1. The van der Waals surface area contributed by atoms with Gasteiger partial charge in [-0.3, -0.25) is 4.79 Å². The Hall–Kier alpha value is -2.30. The Kier molecular flexibility index (Phi) is 3.64. The number of nitrogens with one attached hydrogen (secondary N) is 1. The van der Waals surface area contributed by atoms with Gasteiger partial charge in [0.25, 0.3) is 0 Å². The summed E-state index contributed by atoms with van der Waals surface area (Å²) >= 11 is 0. The van der Waals surface area contributed by atoms with Gasteiger partial charge in [-0.2, -0.15) is 0 Å². The standard InChI is InChI=1S/C16H20N4O/c1-3-19(2)15(21)10-20-11-17-9-14(20)13-6-4-5-12-7-8-18-16(12)13/h4-6,9,11,18H,3,7-8,10H2,1-2H3. The summed E-state index contributed by atoms with van der Waals surface area (Å²) in [6.45, 7) is 3.98. The Balaban J connectivity index is 1.93. The summed E-state index contributed by atoms with van der Waals surface area (Å²) in [5.74, 6) is 0.0947. The molecule has 0 saturated carbocycles. The molecule has 21 heavy (non-hydrogen) atoms. The summed E-state index contributed by atoms with van der Waals surface area (Å²) in [7, 11) is 1.82. The first-order valence-corrected chi connectivity index (χ1v) is 7.31. The molecule has 0 aliphatic carbocycles. The maximum absolute atomic E-state index is 12.1. The Morgan fingerprint density at radius 3 is 3.14 bits per heavy atom. The number of rotatable bonds is 4. The van der Waals surface area contributed by atoms with Crippen LogP contribution in [-0.2, 0) is 17.8 Å². The second-order valence-electron chi connectivity index (χ2n) is 5.33. The number of para-hydroxylation sites is 1. The Bertz CT molecular complexity index is 662. The molecule has 0 atom stereocenters. The number of benzene rings is 1. The maximum Gasteiger partial charge on any atom is 0.242 e. The van der Waals surface area contributed by atoms with E-state index in [1.54, 1.807) is 11.2 Å². The Morgan fingerprint density at radius 1 is 1.48 bits per heavy atom. The van der Waals surface area contributed by atoms with Crippen LogP contribution in [0.1, 0.15) is 12.5 Å². The van der Waals surface area contributed by atoms with E-state index in [-0.39, 0.29) is 5.91 Å². The number of imidazole rings is 1. The number of aromatic nitrogens is 2. The number of hydrogen-bond donors (Lipinski definition) is 1. The van der Waals surface area contributed by atoms with Crippen molar-refractivity contribution in [2.45, 2.75) is 19.9 Å². The number of likely N-dealkylation sites (N-methyl/N-ethyl adjacent to an activating group) is 1. The van der Waals surface area contributed by atoms with E-state index >= 15 is 0 Å². The molecule has 0 bridgehead atoms. The van der Waals surface area contributed by atoms with Gasteiger partial charge in [0, 0.05) is 31.4 Å². The van der Waals surface area contributed by atoms with Gasteiger partial charge in [0.1, 0.15) is 6.54 Å². The highest BCUT2D eigenvalue weighted by atomic mass is 16.2. The van der Waals surface area contributed by atoms with Crippen molar-refractivity contribution in [1.82, 2.24) is 14.5 Å². The first-order valence-electron chi connectivity index (χ1n) is 7.31. The van der Waals surface area contributed by atoms with Crippen LogP contribution in [0.15, 0.2) is 30.7 Å². The summed E-state index contributed by atoms with van der Waals surface area (Å²) in [6.07, 6.45) is 4.61. The van der Waals surface area contributed by atoms with Crippen molar-refractivity contribution in [2.24, 2.45) is 0 Å². The number of anilines is 1. The summed E-state index contributed by atoms with van der Waals surface area (Å²) < 4.78 is 1.92. The molecule has 2 heterocycles. The van der Waals surface area contributed by atoms with Gasteiger partial charge in [0.2, 0.25) is 5.91 Å². The molecule has 1 N–H and O–H groups in total. The fourth-order valence-corrected chi connectivity index (χ4v) is 2.67. The molecule has 0 unspecified atom stereocenters. The van der Waals surface area contributed by atoms with E-state index in [1.807, 2.05) is 24.7 Å². The molecule has 3 rings (SSSR count). The minimum atomic E-state index is 0.0947. The molecule has 5 nitrogen and oxygen atoms in total. The zero-order valence-electron chi connectivity index (χ0n) is 12.5. The Labute approximate surface area is 124 Å². The lowest BCUT2D eigenvalue weighted by Gasteiger charge is -2.16. The predicted octanol–water partition coefficient (Wildman–Crippen LogP) is 2.00. The van der Waals surface area contributed by atoms with Gasteiger partial charge in [-0.25, -0.2) is 4.98 Å². The third-order valence-corrected chi connectivity index (χ3v) is 4.04. The molecule has 1 aliphatic heterocycles. The summed E-state index contributed by atoms with van der Waals surface area (Å²) in [5, 5.41) is 3.44. The van der Waals surface area contributed by atoms with Gasteiger partial charge in [0.05, 0.1) is 18.2 Å². The maximum atomic E-state index is 12.1. The summed E-state index contributed by atoms with van der Waals surface area (Å²) in [6, 6.07) is 6.30. The lowest BCUT2D eigenvalue weighted by atomic mass is 10.1. The van der Waals surface area contributed by atoms with Crippen molar-refractivity contribution in [3.05, 3.63) is 36.3 Å². The van der Waals surface area contributed by atoms with E-state index in [0.29, 0.717) is 13.1 Å². The van der Waals surface area contributed by atoms with Crippen LogP contribution < -0.4 is 5.32 Å².